The van der Waals surface area contributed by atoms with Crippen molar-refractivity contribution in [2.45, 2.75) is 31.9 Å². The molecule has 162 valence electrons. The molecule has 0 radical (unpaired) electrons. The van der Waals surface area contributed by atoms with Crippen LogP contribution >= 0.6 is 11.6 Å². The Balaban J connectivity index is 1.45. The molecule has 1 aromatic carbocycles. The highest BCUT2D eigenvalue weighted by atomic mass is 35.5. The van der Waals surface area contributed by atoms with Gasteiger partial charge in [0, 0.05) is 19.5 Å². The largest absolute Gasteiger partial charge is 0.467 e. The van der Waals surface area contributed by atoms with Crippen molar-refractivity contribution in [1.82, 2.24) is 29.9 Å². The number of aromatic nitrogens is 6. The lowest BCUT2D eigenvalue weighted by Gasteiger charge is -2.15. The normalized spacial score (nSPS) is 14.5. The number of methoxy groups -OCH3 is 1. The molecule has 2 aromatic heterocycles. The molecule has 0 amide bonds. The zero-order chi connectivity index (χ0) is 21.6. The molecule has 3 aromatic rings. The van der Waals surface area contributed by atoms with E-state index in [1.54, 1.807) is 6.20 Å². The molecule has 3 heterocycles. The van der Waals surface area contributed by atoms with Gasteiger partial charge in [-0.25, -0.2) is 9.48 Å². The molecule has 1 unspecified atom stereocenters. The van der Waals surface area contributed by atoms with Gasteiger partial charge < -0.3 is 14.4 Å². The zero-order valence-electron chi connectivity index (χ0n) is 17.0. The van der Waals surface area contributed by atoms with Gasteiger partial charge in [0.25, 0.3) is 0 Å². The molecular formula is C20H22ClN7O3. The monoisotopic (exact) mass is 443 g/mol. The van der Waals surface area contributed by atoms with Crippen LogP contribution in [-0.2, 0) is 22.6 Å². The number of esters is 1. The molecular weight excluding hydrogens is 422 g/mol. The molecule has 4 rings (SSSR count). The quantitative estimate of drug-likeness (QED) is 0.484. The summed E-state index contributed by atoms with van der Waals surface area (Å²) in [7, 11) is 1.35. The van der Waals surface area contributed by atoms with Crippen LogP contribution in [0.25, 0.3) is 0 Å². The number of hydrogen-bond acceptors (Lipinski definition) is 9. The van der Waals surface area contributed by atoms with E-state index in [0.717, 1.165) is 31.5 Å². The molecule has 0 bridgehead atoms. The van der Waals surface area contributed by atoms with Gasteiger partial charge >= 0.3 is 12.0 Å². The molecule has 1 atom stereocenters. The van der Waals surface area contributed by atoms with Crippen molar-refractivity contribution in [3.8, 4) is 6.01 Å². The fraction of sp³-hybridized carbons (Fsp3) is 0.400. The second-order valence-corrected chi connectivity index (χ2v) is 7.43. The number of hydrogen-bond donors (Lipinski definition) is 0. The average molecular weight is 444 g/mol. The van der Waals surface area contributed by atoms with E-state index in [0.29, 0.717) is 18.1 Å². The van der Waals surface area contributed by atoms with Gasteiger partial charge in [-0.2, -0.15) is 15.0 Å². The topological polar surface area (TPSA) is 108 Å². The second kappa shape index (κ2) is 9.69. The number of nitrogens with zero attached hydrogens (tertiary/aromatic N) is 7. The van der Waals surface area contributed by atoms with Crippen LogP contribution in [0.1, 0.15) is 30.1 Å². The maximum atomic E-state index is 12.3. The molecule has 1 aliphatic rings. The van der Waals surface area contributed by atoms with Crippen molar-refractivity contribution in [3.05, 3.63) is 53.1 Å². The van der Waals surface area contributed by atoms with Crippen LogP contribution in [0, 0.1) is 0 Å². The minimum absolute atomic E-state index is 0.0685. The third-order valence-corrected chi connectivity index (χ3v) is 5.11. The average Bonchev–Trinajstić information content (AvgIpc) is 3.48. The SMILES string of the molecule is COC(=O)C(Cc1ccccc1)n1cc(COc2nc(Cl)nc(N3CCCC3)n2)nn1. The molecule has 1 aliphatic heterocycles. The summed E-state index contributed by atoms with van der Waals surface area (Å²) in [5.41, 5.74) is 1.50. The van der Waals surface area contributed by atoms with Gasteiger partial charge in [-0.1, -0.05) is 35.5 Å². The first-order chi connectivity index (χ1) is 15.1. The predicted octanol–water partition coefficient (Wildman–Crippen LogP) is 2.25. The summed E-state index contributed by atoms with van der Waals surface area (Å²) in [6.45, 7) is 1.83. The van der Waals surface area contributed by atoms with E-state index in [2.05, 4.69) is 25.3 Å². The lowest BCUT2D eigenvalue weighted by Crippen LogP contribution is -2.23. The van der Waals surface area contributed by atoms with Crippen LogP contribution in [0.5, 0.6) is 6.01 Å². The standard InChI is InChI=1S/C20H22ClN7O3/c1-30-17(29)16(11-14-7-3-2-4-8-14)28-12-15(25-26-28)13-31-20-23-18(21)22-19(24-20)27-9-5-6-10-27/h2-4,7-8,12,16H,5-6,9-11,13H2,1H3. The Bertz CT molecular complexity index is 1020. The zero-order valence-corrected chi connectivity index (χ0v) is 17.8. The summed E-state index contributed by atoms with van der Waals surface area (Å²) in [5.74, 6) is 0.102. The first kappa shape index (κ1) is 21.0. The fourth-order valence-corrected chi connectivity index (χ4v) is 3.52. The Kier molecular flexibility index (Phi) is 6.56. The molecule has 10 nitrogen and oxygen atoms in total. The van der Waals surface area contributed by atoms with Crippen molar-refractivity contribution in [2.75, 3.05) is 25.1 Å². The van der Waals surface area contributed by atoms with Gasteiger partial charge in [0.1, 0.15) is 12.3 Å². The van der Waals surface area contributed by atoms with Crippen LogP contribution in [-0.4, -0.2) is 56.1 Å². The Labute approximate surface area is 184 Å². The summed E-state index contributed by atoms with van der Waals surface area (Å²) < 4.78 is 12.1. The Morgan fingerprint density at radius 2 is 1.94 bits per heavy atom. The number of carbonyl (C=O) groups is 1. The minimum Gasteiger partial charge on any atom is -0.467 e. The third kappa shape index (κ3) is 5.26. The van der Waals surface area contributed by atoms with E-state index in [1.807, 2.05) is 35.2 Å². The lowest BCUT2D eigenvalue weighted by molar-refractivity contribution is -0.144. The van der Waals surface area contributed by atoms with Gasteiger partial charge in [-0.05, 0) is 30.0 Å². The van der Waals surface area contributed by atoms with Crippen molar-refractivity contribution in [2.24, 2.45) is 0 Å². The lowest BCUT2D eigenvalue weighted by atomic mass is 10.1. The number of benzene rings is 1. The maximum Gasteiger partial charge on any atom is 0.331 e. The van der Waals surface area contributed by atoms with E-state index in [-0.39, 0.29) is 17.9 Å². The Morgan fingerprint density at radius 1 is 1.16 bits per heavy atom. The number of anilines is 1. The molecule has 0 saturated carbocycles. The molecule has 31 heavy (non-hydrogen) atoms. The summed E-state index contributed by atoms with van der Waals surface area (Å²) in [4.78, 5) is 26.9. The van der Waals surface area contributed by atoms with E-state index >= 15 is 0 Å². The van der Waals surface area contributed by atoms with Crippen LogP contribution in [0.4, 0.5) is 5.95 Å². The van der Waals surface area contributed by atoms with Crippen LogP contribution in [0.15, 0.2) is 36.5 Å². The van der Waals surface area contributed by atoms with Crippen molar-refractivity contribution in [3.63, 3.8) is 0 Å². The number of ether oxygens (including phenoxy) is 2. The van der Waals surface area contributed by atoms with Crippen molar-refractivity contribution < 1.29 is 14.3 Å². The molecule has 0 spiro atoms. The van der Waals surface area contributed by atoms with Crippen LogP contribution in [0.3, 0.4) is 0 Å². The first-order valence-corrected chi connectivity index (χ1v) is 10.3. The molecule has 1 saturated heterocycles. The highest BCUT2D eigenvalue weighted by Crippen LogP contribution is 2.20. The maximum absolute atomic E-state index is 12.3. The summed E-state index contributed by atoms with van der Waals surface area (Å²) in [5, 5.41) is 8.26. The van der Waals surface area contributed by atoms with Crippen molar-refractivity contribution in [1.29, 1.82) is 0 Å². The highest BCUT2D eigenvalue weighted by molar-refractivity contribution is 6.28. The van der Waals surface area contributed by atoms with E-state index in [4.69, 9.17) is 21.1 Å². The number of halogens is 1. The molecule has 0 N–H and O–H groups in total. The third-order valence-electron chi connectivity index (χ3n) is 4.94. The number of carbonyl (C=O) groups excluding carboxylic acids is 1. The molecule has 1 fully saturated rings. The van der Waals surface area contributed by atoms with Gasteiger partial charge in [-0.15, -0.1) is 5.10 Å². The van der Waals surface area contributed by atoms with E-state index in [1.165, 1.54) is 11.8 Å². The Hall–Kier alpha value is -3.27. The fourth-order valence-electron chi connectivity index (χ4n) is 3.37. The summed E-state index contributed by atoms with van der Waals surface area (Å²) in [6, 6.07) is 9.12. The Morgan fingerprint density at radius 3 is 2.68 bits per heavy atom. The smallest absolute Gasteiger partial charge is 0.331 e. The summed E-state index contributed by atoms with van der Waals surface area (Å²) >= 11 is 6.03. The predicted molar refractivity (Wildman–Crippen MR) is 112 cm³/mol. The highest BCUT2D eigenvalue weighted by Gasteiger charge is 2.24. The number of rotatable bonds is 8. The molecule has 11 heteroatoms. The van der Waals surface area contributed by atoms with Crippen LogP contribution in [0.2, 0.25) is 5.28 Å². The van der Waals surface area contributed by atoms with E-state index in [9.17, 15) is 4.79 Å². The first-order valence-electron chi connectivity index (χ1n) is 9.94. The van der Waals surface area contributed by atoms with Gasteiger partial charge in [0.15, 0.2) is 6.04 Å². The van der Waals surface area contributed by atoms with Gasteiger partial charge in [-0.3, -0.25) is 0 Å². The summed E-state index contributed by atoms with van der Waals surface area (Å²) in [6.07, 6.45) is 4.26. The van der Waals surface area contributed by atoms with Crippen molar-refractivity contribution >= 4 is 23.5 Å². The minimum atomic E-state index is -0.637. The second-order valence-electron chi connectivity index (χ2n) is 7.09. The van der Waals surface area contributed by atoms with Crippen LogP contribution < -0.4 is 9.64 Å². The van der Waals surface area contributed by atoms with Gasteiger partial charge in [0.05, 0.1) is 13.3 Å². The van der Waals surface area contributed by atoms with E-state index < -0.39 is 12.0 Å². The molecule has 0 aliphatic carbocycles. The van der Waals surface area contributed by atoms with Gasteiger partial charge in [0.2, 0.25) is 11.2 Å².